The average Bonchev–Trinajstić information content (AvgIpc) is 2.02. The van der Waals surface area contributed by atoms with Crippen molar-refractivity contribution in [2.24, 2.45) is 5.41 Å². The molecule has 0 fully saturated rings. The lowest BCUT2D eigenvalue weighted by Crippen LogP contribution is -2.14. The highest BCUT2D eigenvalue weighted by molar-refractivity contribution is 5.78. The molecule has 0 amide bonds. The van der Waals surface area contributed by atoms with Crippen LogP contribution in [0.5, 0.6) is 0 Å². The maximum atomic E-state index is 11.1. The van der Waals surface area contributed by atoms with Crippen LogP contribution in [0.1, 0.15) is 46.5 Å². The first-order valence-corrected chi connectivity index (χ1v) is 4.50. The fraction of sp³-hybridized carbons (Fsp3) is 0.800. The van der Waals surface area contributed by atoms with Crippen molar-refractivity contribution in [3.8, 4) is 0 Å². The van der Waals surface area contributed by atoms with Gasteiger partial charge in [0.25, 0.3) is 0 Å². The van der Waals surface area contributed by atoms with E-state index in [2.05, 4.69) is 0 Å². The average molecular weight is 170 g/mol. The van der Waals surface area contributed by atoms with E-state index in [1.54, 1.807) is 0 Å². The van der Waals surface area contributed by atoms with E-state index in [4.69, 9.17) is 0 Å². The lowest BCUT2D eigenvalue weighted by Gasteiger charge is -2.15. The van der Waals surface area contributed by atoms with E-state index >= 15 is 0 Å². The minimum Gasteiger partial charge on any atom is -0.303 e. The zero-order valence-corrected chi connectivity index (χ0v) is 8.22. The molecule has 0 saturated heterocycles. The highest BCUT2D eigenvalue weighted by atomic mass is 16.1. The number of carbonyl (C=O) groups excluding carboxylic acids is 2. The predicted octanol–water partition coefficient (Wildman–Crippen LogP) is 2.36. The van der Waals surface area contributed by atoms with Crippen molar-refractivity contribution in [3.05, 3.63) is 0 Å². The monoisotopic (exact) mass is 170 g/mol. The van der Waals surface area contributed by atoms with E-state index in [-0.39, 0.29) is 11.2 Å². The predicted molar refractivity (Wildman–Crippen MR) is 49.0 cm³/mol. The Bertz CT molecular complexity index is 159. The summed E-state index contributed by atoms with van der Waals surface area (Å²) in [6.45, 7) is 5.71. The van der Waals surface area contributed by atoms with Gasteiger partial charge in [-0.25, -0.2) is 0 Å². The van der Waals surface area contributed by atoms with E-state index in [1.807, 2.05) is 20.8 Å². The van der Waals surface area contributed by atoms with Crippen LogP contribution in [0, 0.1) is 5.41 Å². The van der Waals surface area contributed by atoms with Crippen LogP contribution in [-0.4, -0.2) is 12.1 Å². The molecule has 0 spiro atoms. The van der Waals surface area contributed by atoms with Crippen molar-refractivity contribution in [1.29, 1.82) is 0 Å². The normalized spacial score (nSPS) is 11.2. The Kier molecular flexibility index (Phi) is 4.79. The van der Waals surface area contributed by atoms with Crippen molar-refractivity contribution < 1.29 is 9.59 Å². The summed E-state index contributed by atoms with van der Waals surface area (Å²) in [6, 6.07) is 0. The summed E-state index contributed by atoms with van der Waals surface area (Å²) >= 11 is 0. The molecule has 0 unspecified atom stereocenters. The molecule has 0 heterocycles. The highest BCUT2D eigenvalue weighted by Gasteiger charge is 2.17. The van der Waals surface area contributed by atoms with E-state index in [1.165, 1.54) is 0 Å². The molecule has 0 bridgehead atoms. The third-order valence-electron chi connectivity index (χ3n) is 1.90. The molecule has 0 aliphatic rings. The van der Waals surface area contributed by atoms with Gasteiger partial charge in [0, 0.05) is 18.3 Å². The standard InChI is InChI=1S/C10H18O2/c1-4-5-9(12)6-7-10(2,3)8-11/h8H,4-7H2,1-3H3. The summed E-state index contributed by atoms with van der Waals surface area (Å²) in [4.78, 5) is 21.6. The number of hydrogen-bond donors (Lipinski definition) is 0. The van der Waals surface area contributed by atoms with Gasteiger partial charge in [0.1, 0.15) is 12.1 Å². The first-order chi connectivity index (χ1) is 5.52. The minimum absolute atomic E-state index is 0.271. The van der Waals surface area contributed by atoms with Crippen LogP contribution in [0.3, 0.4) is 0 Å². The molecule has 2 heteroatoms. The Morgan fingerprint density at radius 3 is 2.33 bits per heavy atom. The maximum Gasteiger partial charge on any atom is 0.132 e. The van der Waals surface area contributed by atoms with Gasteiger partial charge in [-0.3, -0.25) is 4.79 Å². The molecule has 0 N–H and O–H groups in total. The second-order valence-corrected chi connectivity index (χ2v) is 3.90. The topological polar surface area (TPSA) is 34.1 Å². The Morgan fingerprint density at radius 2 is 1.92 bits per heavy atom. The molecular weight excluding hydrogens is 152 g/mol. The number of Topliss-reactive ketones (excluding diaryl/α,β-unsaturated/α-hetero) is 1. The van der Waals surface area contributed by atoms with Crippen molar-refractivity contribution in [2.45, 2.75) is 46.5 Å². The molecular formula is C10H18O2. The summed E-state index contributed by atoms with van der Waals surface area (Å²) in [7, 11) is 0. The Labute approximate surface area is 74.3 Å². The number of rotatable bonds is 6. The SMILES string of the molecule is CCCC(=O)CCC(C)(C)C=O. The largest absolute Gasteiger partial charge is 0.303 e. The van der Waals surface area contributed by atoms with Gasteiger partial charge >= 0.3 is 0 Å². The highest BCUT2D eigenvalue weighted by Crippen LogP contribution is 2.19. The lowest BCUT2D eigenvalue weighted by molar-refractivity contribution is -0.120. The van der Waals surface area contributed by atoms with Crippen LogP contribution in [-0.2, 0) is 9.59 Å². The molecule has 0 aromatic carbocycles. The van der Waals surface area contributed by atoms with Gasteiger partial charge in [0.15, 0.2) is 0 Å². The second kappa shape index (κ2) is 5.07. The fourth-order valence-corrected chi connectivity index (χ4v) is 0.924. The lowest BCUT2D eigenvalue weighted by atomic mass is 9.88. The van der Waals surface area contributed by atoms with E-state index in [0.29, 0.717) is 19.3 Å². The van der Waals surface area contributed by atoms with Gasteiger partial charge < -0.3 is 4.79 Å². The van der Waals surface area contributed by atoms with Crippen molar-refractivity contribution in [3.63, 3.8) is 0 Å². The van der Waals surface area contributed by atoms with Crippen molar-refractivity contribution in [1.82, 2.24) is 0 Å². The number of aldehydes is 1. The molecule has 12 heavy (non-hydrogen) atoms. The maximum absolute atomic E-state index is 11.1. The van der Waals surface area contributed by atoms with Gasteiger partial charge in [-0.15, -0.1) is 0 Å². The Balaban J connectivity index is 3.67. The Hall–Kier alpha value is -0.660. The van der Waals surface area contributed by atoms with Crippen LogP contribution >= 0.6 is 0 Å². The number of ketones is 1. The van der Waals surface area contributed by atoms with Gasteiger partial charge in [-0.2, -0.15) is 0 Å². The zero-order valence-electron chi connectivity index (χ0n) is 8.22. The minimum atomic E-state index is -0.330. The number of hydrogen-bond acceptors (Lipinski definition) is 2. The molecule has 0 aliphatic carbocycles. The van der Waals surface area contributed by atoms with Gasteiger partial charge in [-0.1, -0.05) is 20.8 Å². The van der Waals surface area contributed by atoms with Gasteiger partial charge in [0.2, 0.25) is 0 Å². The Morgan fingerprint density at radius 1 is 1.33 bits per heavy atom. The van der Waals surface area contributed by atoms with Crippen LogP contribution in [0.2, 0.25) is 0 Å². The molecule has 0 saturated carbocycles. The molecule has 0 aromatic rings. The van der Waals surface area contributed by atoms with Crippen molar-refractivity contribution >= 4 is 12.1 Å². The summed E-state index contributed by atoms with van der Waals surface area (Å²) in [5.41, 5.74) is -0.330. The zero-order chi connectivity index (χ0) is 9.61. The molecule has 0 aliphatic heterocycles. The van der Waals surface area contributed by atoms with Gasteiger partial charge in [0.05, 0.1) is 0 Å². The number of carbonyl (C=O) groups is 2. The summed E-state index contributed by atoms with van der Waals surface area (Å²) in [6.07, 6.45) is 3.69. The van der Waals surface area contributed by atoms with Crippen LogP contribution in [0.15, 0.2) is 0 Å². The van der Waals surface area contributed by atoms with Crippen LogP contribution in [0.4, 0.5) is 0 Å². The summed E-state index contributed by atoms with van der Waals surface area (Å²) in [5.74, 6) is 0.271. The molecule has 0 rings (SSSR count). The molecule has 70 valence electrons. The van der Waals surface area contributed by atoms with E-state index in [0.717, 1.165) is 12.7 Å². The van der Waals surface area contributed by atoms with E-state index in [9.17, 15) is 9.59 Å². The first kappa shape index (κ1) is 11.3. The fourth-order valence-electron chi connectivity index (χ4n) is 0.924. The third kappa shape index (κ3) is 5.05. The van der Waals surface area contributed by atoms with Crippen molar-refractivity contribution in [2.75, 3.05) is 0 Å². The summed E-state index contributed by atoms with van der Waals surface area (Å²) in [5, 5.41) is 0. The smallest absolute Gasteiger partial charge is 0.132 e. The molecule has 0 radical (unpaired) electrons. The van der Waals surface area contributed by atoms with Crippen LogP contribution < -0.4 is 0 Å². The second-order valence-electron chi connectivity index (χ2n) is 3.90. The third-order valence-corrected chi connectivity index (χ3v) is 1.90. The summed E-state index contributed by atoms with van der Waals surface area (Å²) < 4.78 is 0. The molecule has 0 atom stereocenters. The quantitative estimate of drug-likeness (QED) is 0.573. The van der Waals surface area contributed by atoms with Gasteiger partial charge in [-0.05, 0) is 12.8 Å². The van der Waals surface area contributed by atoms with Crippen LogP contribution in [0.25, 0.3) is 0 Å². The molecule has 2 nitrogen and oxygen atoms in total. The molecule has 0 aromatic heterocycles. The first-order valence-electron chi connectivity index (χ1n) is 4.50. The van der Waals surface area contributed by atoms with E-state index < -0.39 is 0 Å².